The highest BCUT2D eigenvalue weighted by Gasteiger charge is 2.09. The Morgan fingerprint density at radius 2 is 1.79 bits per heavy atom. The van der Waals surface area contributed by atoms with Gasteiger partial charge in [0.25, 0.3) is 5.91 Å². The first kappa shape index (κ1) is 21.0. The summed E-state index contributed by atoms with van der Waals surface area (Å²) in [5.74, 6) is 0.601. The molecule has 0 atom stereocenters. The number of rotatable bonds is 7. The van der Waals surface area contributed by atoms with Gasteiger partial charge in [0.2, 0.25) is 0 Å². The Bertz CT molecular complexity index is 906. The molecule has 148 valence electrons. The van der Waals surface area contributed by atoms with Gasteiger partial charge in [-0.05, 0) is 61.2 Å². The van der Waals surface area contributed by atoms with Gasteiger partial charge in [-0.15, -0.1) is 0 Å². The molecule has 0 bridgehead atoms. The lowest BCUT2D eigenvalue weighted by Gasteiger charge is -2.13. The number of esters is 1. The van der Waals surface area contributed by atoms with Gasteiger partial charge in [0, 0.05) is 6.92 Å². The van der Waals surface area contributed by atoms with Gasteiger partial charge in [-0.2, -0.15) is 5.10 Å². The van der Waals surface area contributed by atoms with E-state index in [9.17, 15) is 9.59 Å². The SMILES string of the molecule is COc1cc(/C=N/NC(=O)COc2c(C)ccc(C)c2C)ccc1OC(C)=O. The molecule has 2 aromatic rings. The third kappa shape index (κ3) is 5.57. The van der Waals surface area contributed by atoms with Crippen molar-refractivity contribution in [1.82, 2.24) is 5.43 Å². The van der Waals surface area contributed by atoms with Crippen LogP contribution in [0.2, 0.25) is 0 Å². The van der Waals surface area contributed by atoms with E-state index < -0.39 is 5.97 Å². The van der Waals surface area contributed by atoms with Crippen LogP contribution in [0, 0.1) is 20.8 Å². The van der Waals surface area contributed by atoms with Gasteiger partial charge in [0.1, 0.15) is 5.75 Å². The molecule has 7 nitrogen and oxygen atoms in total. The van der Waals surface area contributed by atoms with Crippen molar-refractivity contribution in [2.75, 3.05) is 13.7 Å². The maximum absolute atomic E-state index is 12.0. The second kappa shape index (κ2) is 9.55. The molecule has 2 rings (SSSR count). The van der Waals surface area contributed by atoms with Crippen molar-refractivity contribution in [1.29, 1.82) is 0 Å². The molecule has 0 heterocycles. The summed E-state index contributed by atoms with van der Waals surface area (Å²) >= 11 is 0. The first-order valence-electron chi connectivity index (χ1n) is 8.69. The van der Waals surface area contributed by atoms with Crippen LogP contribution in [-0.2, 0) is 9.59 Å². The minimum atomic E-state index is -0.439. The number of methoxy groups -OCH3 is 1. The fraction of sp³-hybridized carbons (Fsp3) is 0.286. The topological polar surface area (TPSA) is 86.2 Å². The van der Waals surface area contributed by atoms with Crippen molar-refractivity contribution in [2.24, 2.45) is 5.10 Å². The summed E-state index contributed by atoms with van der Waals surface area (Å²) in [6, 6.07) is 8.90. The summed E-state index contributed by atoms with van der Waals surface area (Å²) in [4.78, 5) is 23.1. The van der Waals surface area contributed by atoms with Gasteiger partial charge >= 0.3 is 5.97 Å². The van der Waals surface area contributed by atoms with Gasteiger partial charge in [0.05, 0.1) is 13.3 Å². The Morgan fingerprint density at radius 3 is 2.46 bits per heavy atom. The number of hydrazone groups is 1. The van der Waals surface area contributed by atoms with E-state index in [0.29, 0.717) is 22.8 Å². The second-order valence-electron chi connectivity index (χ2n) is 6.24. The number of nitrogens with one attached hydrogen (secondary N) is 1. The van der Waals surface area contributed by atoms with Crippen molar-refractivity contribution in [3.63, 3.8) is 0 Å². The number of carbonyl (C=O) groups excluding carboxylic acids is 2. The van der Waals surface area contributed by atoms with Crippen LogP contribution in [0.5, 0.6) is 17.2 Å². The van der Waals surface area contributed by atoms with E-state index in [1.54, 1.807) is 18.2 Å². The average molecular weight is 384 g/mol. The first-order chi connectivity index (χ1) is 13.3. The average Bonchev–Trinajstić information content (AvgIpc) is 2.65. The molecule has 0 saturated carbocycles. The summed E-state index contributed by atoms with van der Waals surface area (Å²) < 4.78 is 15.9. The minimum absolute atomic E-state index is 0.142. The van der Waals surface area contributed by atoms with Crippen LogP contribution in [0.15, 0.2) is 35.4 Å². The zero-order valence-corrected chi connectivity index (χ0v) is 16.7. The van der Waals surface area contributed by atoms with Crippen molar-refractivity contribution in [3.05, 3.63) is 52.6 Å². The molecule has 0 saturated heterocycles. The quantitative estimate of drug-likeness (QED) is 0.343. The molecular formula is C21H24N2O5. The van der Waals surface area contributed by atoms with Crippen LogP contribution < -0.4 is 19.6 Å². The van der Waals surface area contributed by atoms with Crippen molar-refractivity contribution < 1.29 is 23.8 Å². The lowest BCUT2D eigenvalue weighted by atomic mass is 10.1. The molecule has 0 unspecified atom stereocenters. The van der Waals surface area contributed by atoms with Gasteiger partial charge in [0.15, 0.2) is 18.1 Å². The van der Waals surface area contributed by atoms with E-state index in [1.165, 1.54) is 20.2 Å². The van der Waals surface area contributed by atoms with Crippen LogP contribution in [0.3, 0.4) is 0 Å². The number of carbonyl (C=O) groups is 2. The summed E-state index contributed by atoms with van der Waals surface area (Å²) in [7, 11) is 1.47. The summed E-state index contributed by atoms with van der Waals surface area (Å²) in [5, 5.41) is 3.91. The largest absolute Gasteiger partial charge is 0.493 e. The fourth-order valence-corrected chi connectivity index (χ4v) is 2.50. The molecule has 0 spiro atoms. The van der Waals surface area contributed by atoms with Crippen LogP contribution in [0.25, 0.3) is 0 Å². The first-order valence-corrected chi connectivity index (χ1v) is 8.69. The summed E-state index contributed by atoms with van der Waals surface area (Å²) in [6.07, 6.45) is 1.46. The Kier molecular flexibility index (Phi) is 7.14. The minimum Gasteiger partial charge on any atom is -0.493 e. The van der Waals surface area contributed by atoms with Crippen molar-refractivity contribution >= 4 is 18.1 Å². The molecule has 0 aliphatic heterocycles. The van der Waals surface area contributed by atoms with Crippen LogP contribution in [-0.4, -0.2) is 31.8 Å². The van der Waals surface area contributed by atoms with E-state index >= 15 is 0 Å². The molecular weight excluding hydrogens is 360 g/mol. The highest BCUT2D eigenvalue weighted by atomic mass is 16.6. The monoisotopic (exact) mass is 384 g/mol. The Labute approximate surface area is 164 Å². The zero-order valence-electron chi connectivity index (χ0n) is 16.7. The molecule has 7 heteroatoms. The van der Waals surface area contributed by atoms with Crippen LogP contribution >= 0.6 is 0 Å². The highest BCUT2D eigenvalue weighted by Crippen LogP contribution is 2.28. The molecule has 1 amide bonds. The van der Waals surface area contributed by atoms with Gasteiger partial charge in [-0.25, -0.2) is 5.43 Å². The summed E-state index contributed by atoms with van der Waals surface area (Å²) in [5.41, 5.74) is 6.17. The van der Waals surface area contributed by atoms with E-state index in [2.05, 4.69) is 10.5 Å². The Balaban J connectivity index is 1.95. The predicted molar refractivity (Wildman–Crippen MR) is 106 cm³/mol. The number of ether oxygens (including phenoxy) is 3. The fourth-order valence-electron chi connectivity index (χ4n) is 2.50. The molecule has 0 aliphatic rings. The zero-order chi connectivity index (χ0) is 20.7. The molecule has 0 fully saturated rings. The lowest BCUT2D eigenvalue weighted by Crippen LogP contribution is -2.25. The molecule has 1 N–H and O–H groups in total. The normalized spacial score (nSPS) is 10.6. The van der Waals surface area contributed by atoms with E-state index in [4.69, 9.17) is 14.2 Å². The van der Waals surface area contributed by atoms with Crippen LogP contribution in [0.4, 0.5) is 0 Å². The molecule has 2 aromatic carbocycles. The molecule has 0 aliphatic carbocycles. The molecule has 0 radical (unpaired) electrons. The number of nitrogens with zero attached hydrogens (tertiary/aromatic N) is 1. The third-order valence-corrected chi connectivity index (χ3v) is 4.07. The maximum atomic E-state index is 12.0. The van der Waals surface area contributed by atoms with E-state index in [-0.39, 0.29) is 12.5 Å². The predicted octanol–water partition coefficient (Wildman–Crippen LogP) is 3.07. The summed E-state index contributed by atoms with van der Waals surface area (Å²) in [6.45, 7) is 7.06. The number of hydrogen-bond donors (Lipinski definition) is 1. The Hall–Kier alpha value is -3.35. The maximum Gasteiger partial charge on any atom is 0.308 e. The standard InChI is InChI=1S/C21H24N2O5/c1-13-6-7-14(2)21(15(13)3)27-12-20(25)23-22-11-17-8-9-18(28-16(4)24)19(10-17)26-5/h6-11H,12H2,1-5H3,(H,23,25)/b22-11+. The number of amides is 1. The van der Waals surface area contributed by atoms with Gasteiger partial charge in [-0.1, -0.05) is 12.1 Å². The van der Waals surface area contributed by atoms with Gasteiger partial charge < -0.3 is 14.2 Å². The number of aryl methyl sites for hydroxylation is 2. The van der Waals surface area contributed by atoms with Gasteiger partial charge in [-0.3, -0.25) is 9.59 Å². The van der Waals surface area contributed by atoms with Crippen molar-refractivity contribution in [2.45, 2.75) is 27.7 Å². The smallest absolute Gasteiger partial charge is 0.308 e. The molecule has 28 heavy (non-hydrogen) atoms. The Morgan fingerprint density at radius 1 is 1.07 bits per heavy atom. The third-order valence-electron chi connectivity index (χ3n) is 4.07. The van der Waals surface area contributed by atoms with E-state index in [1.807, 2.05) is 32.9 Å². The number of benzene rings is 2. The number of hydrogen-bond acceptors (Lipinski definition) is 6. The van der Waals surface area contributed by atoms with Crippen molar-refractivity contribution in [3.8, 4) is 17.2 Å². The highest BCUT2D eigenvalue weighted by molar-refractivity contribution is 5.84. The van der Waals surface area contributed by atoms with Crippen LogP contribution in [0.1, 0.15) is 29.2 Å². The van der Waals surface area contributed by atoms with E-state index in [0.717, 1.165) is 16.7 Å². The second-order valence-corrected chi connectivity index (χ2v) is 6.24. The molecule has 0 aromatic heterocycles. The lowest BCUT2D eigenvalue weighted by molar-refractivity contribution is -0.132.